The molecule has 2 aromatic carbocycles. The van der Waals surface area contributed by atoms with E-state index in [1.165, 1.54) is 6.26 Å². The van der Waals surface area contributed by atoms with Gasteiger partial charge in [-0.15, -0.1) is 0 Å². The molecule has 21 heavy (non-hydrogen) atoms. The smallest absolute Gasteiger partial charge is 0.175 e. The van der Waals surface area contributed by atoms with Crippen LogP contribution in [0.25, 0.3) is 11.1 Å². The van der Waals surface area contributed by atoms with E-state index < -0.39 is 9.84 Å². The van der Waals surface area contributed by atoms with Gasteiger partial charge < -0.3 is 9.47 Å². The fraction of sp³-hybridized carbons (Fsp3) is 0.250. The van der Waals surface area contributed by atoms with Crippen molar-refractivity contribution in [3.8, 4) is 22.6 Å². The summed E-state index contributed by atoms with van der Waals surface area (Å²) in [6, 6.07) is 12.4. The summed E-state index contributed by atoms with van der Waals surface area (Å²) in [5.74, 6) is 1.35. The van der Waals surface area contributed by atoms with Crippen molar-refractivity contribution in [2.75, 3.05) is 20.0 Å². The average Bonchev–Trinajstić information content (AvgIpc) is 2.47. The van der Waals surface area contributed by atoms with Crippen LogP contribution in [0.2, 0.25) is 0 Å². The highest BCUT2D eigenvalue weighted by molar-refractivity contribution is 7.90. The summed E-state index contributed by atoms with van der Waals surface area (Å²) in [4.78, 5) is 0.310. The van der Waals surface area contributed by atoms with Gasteiger partial charge in [-0.2, -0.15) is 0 Å². The Labute approximate surface area is 125 Å². The van der Waals surface area contributed by atoms with E-state index in [9.17, 15) is 8.42 Å². The van der Waals surface area contributed by atoms with E-state index in [0.717, 1.165) is 11.1 Å². The van der Waals surface area contributed by atoms with Gasteiger partial charge in [0.1, 0.15) is 0 Å². The van der Waals surface area contributed by atoms with Gasteiger partial charge in [-0.05, 0) is 42.3 Å². The van der Waals surface area contributed by atoms with E-state index in [4.69, 9.17) is 9.47 Å². The molecular formula is C16H18O4S. The molecule has 2 rings (SSSR count). The molecule has 0 radical (unpaired) electrons. The maximum Gasteiger partial charge on any atom is 0.175 e. The van der Waals surface area contributed by atoms with Crippen molar-refractivity contribution in [3.63, 3.8) is 0 Å². The van der Waals surface area contributed by atoms with Gasteiger partial charge in [0.2, 0.25) is 0 Å². The maximum atomic E-state index is 11.5. The zero-order valence-electron chi connectivity index (χ0n) is 12.3. The van der Waals surface area contributed by atoms with E-state index in [1.54, 1.807) is 31.4 Å². The van der Waals surface area contributed by atoms with E-state index in [2.05, 4.69) is 0 Å². The van der Waals surface area contributed by atoms with Crippen LogP contribution in [0, 0.1) is 0 Å². The predicted molar refractivity (Wildman–Crippen MR) is 82.7 cm³/mol. The van der Waals surface area contributed by atoms with Gasteiger partial charge in [0, 0.05) is 6.26 Å². The fourth-order valence-corrected chi connectivity index (χ4v) is 2.65. The summed E-state index contributed by atoms with van der Waals surface area (Å²) >= 11 is 0. The number of benzene rings is 2. The molecule has 5 heteroatoms. The molecule has 0 aliphatic carbocycles. The number of ether oxygens (including phenoxy) is 2. The third kappa shape index (κ3) is 3.55. The molecule has 0 bridgehead atoms. The molecule has 0 N–H and O–H groups in total. The van der Waals surface area contributed by atoms with Crippen LogP contribution in [-0.4, -0.2) is 28.4 Å². The summed E-state index contributed by atoms with van der Waals surface area (Å²) in [7, 11) is -1.58. The Morgan fingerprint density at radius 3 is 2.10 bits per heavy atom. The van der Waals surface area contributed by atoms with Crippen molar-refractivity contribution < 1.29 is 17.9 Å². The van der Waals surface area contributed by atoms with Gasteiger partial charge in [-0.25, -0.2) is 8.42 Å². The monoisotopic (exact) mass is 306 g/mol. The largest absolute Gasteiger partial charge is 0.493 e. The quantitative estimate of drug-likeness (QED) is 0.851. The van der Waals surface area contributed by atoms with Crippen LogP contribution in [0.5, 0.6) is 11.5 Å². The lowest BCUT2D eigenvalue weighted by Crippen LogP contribution is -1.97. The number of hydrogen-bond acceptors (Lipinski definition) is 4. The van der Waals surface area contributed by atoms with Gasteiger partial charge in [0.25, 0.3) is 0 Å². The lowest BCUT2D eigenvalue weighted by Gasteiger charge is -2.11. The SMILES string of the molecule is CCOc1cc(-c2ccc(S(C)(=O)=O)cc2)ccc1OC. The Morgan fingerprint density at radius 1 is 0.952 bits per heavy atom. The molecule has 0 heterocycles. The Morgan fingerprint density at radius 2 is 1.57 bits per heavy atom. The van der Waals surface area contributed by atoms with Gasteiger partial charge in [0.15, 0.2) is 21.3 Å². The summed E-state index contributed by atoms with van der Waals surface area (Å²) in [5.41, 5.74) is 1.87. The third-order valence-electron chi connectivity index (χ3n) is 3.08. The highest BCUT2D eigenvalue weighted by atomic mass is 32.2. The van der Waals surface area contributed by atoms with Crippen molar-refractivity contribution in [3.05, 3.63) is 42.5 Å². The predicted octanol–water partition coefficient (Wildman–Crippen LogP) is 3.16. The molecule has 0 saturated heterocycles. The molecule has 2 aromatic rings. The first-order valence-corrected chi connectivity index (χ1v) is 8.46. The van der Waals surface area contributed by atoms with Gasteiger partial charge in [-0.1, -0.05) is 18.2 Å². The maximum absolute atomic E-state index is 11.5. The van der Waals surface area contributed by atoms with Crippen LogP contribution in [-0.2, 0) is 9.84 Å². The Hall–Kier alpha value is -2.01. The van der Waals surface area contributed by atoms with Crippen LogP contribution in [0.1, 0.15) is 6.92 Å². The summed E-state index contributed by atoms with van der Waals surface area (Å²) in [6.45, 7) is 2.46. The fourth-order valence-electron chi connectivity index (χ4n) is 2.02. The standard InChI is InChI=1S/C16H18O4S/c1-4-20-16-11-13(7-10-15(16)19-2)12-5-8-14(9-6-12)21(3,17)18/h5-11H,4H2,1-3H3. The normalized spacial score (nSPS) is 11.2. The minimum atomic E-state index is -3.17. The highest BCUT2D eigenvalue weighted by Crippen LogP contribution is 2.32. The van der Waals surface area contributed by atoms with E-state index in [1.807, 2.05) is 25.1 Å². The lowest BCUT2D eigenvalue weighted by atomic mass is 10.1. The number of rotatable bonds is 5. The molecule has 0 atom stereocenters. The molecule has 0 unspecified atom stereocenters. The molecule has 4 nitrogen and oxygen atoms in total. The second kappa shape index (κ2) is 6.18. The van der Waals surface area contributed by atoms with E-state index in [-0.39, 0.29) is 0 Å². The Balaban J connectivity index is 2.40. The van der Waals surface area contributed by atoms with Crippen LogP contribution in [0.3, 0.4) is 0 Å². The van der Waals surface area contributed by atoms with Crippen LogP contribution in [0.15, 0.2) is 47.4 Å². The first-order valence-electron chi connectivity index (χ1n) is 6.57. The van der Waals surface area contributed by atoms with Crippen LogP contribution < -0.4 is 9.47 Å². The topological polar surface area (TPSA) is 52.6 Å². The van der Waals surface area contributed by atoms with Gasteiger partial charge >= 0.3 is 0 Å². The highest BCUT2D eigenvalue weighted by Gasteiger charge is 2.09. The summed E-state index contributed by atoms with van der Waals surface area (Å²) in [6.07, 6.45) is 1.20. The molecular weight excluding hydrogens is 288 g/mol. The first kappa shape index (κ1) is 15.4. The van der Waals surface area contributed by atoms with Gasteiger partial charge in [-0.3, -0.25) is 0 Å². The van der Waals surface area contributed by atoms with Crippen molar-refractivity contribution in [1.29, 1.82) is 0 Å². The van der Waals surface area contributed by atoms with E-state index in [0.29, 0.717) is 23.0 Å². The van der Waals surface area contributed by atoms with E-state index >= 15 is 0 Å². The molecule has 0 fully saturated rings. The second-order valence-electron chi connectivity index (χ2n) is 4.60. The molecule has 0 saturated carbocycles. The van der Waals surface area contributed by atoms with Crippen molar-refractivity contribution in [2.24, 2.45) is 0 Å². The lowest BCUT2D eigenvalue weighted by molar-refractivity contribution is 0.311. The third-order valence-corrected chi connectivity index (χ3v) is 4.21. The zero-order chi connectivity index (χ0) is 15.5. The van der Waals surface area contributed by atoms with Gasteiger partial charge in [0.05, 0.1) is 18.6 Å². The van der Waals surface area contributed by atoms with Crippen molar-refractivity contribution in [2.45, 2.75) is 11.8 Å². The first-order chi connectivity index (χ1) is 9.95. The molecule has 0 aliphatic rings. The number of methoxy groups -OCH3 is 1. The second-order valence-corrected chi connectivity index (χ2v) is 6.61. The Bertz CT molecular complexity index is 718. The molecule has 0 amide bonds. The minimum absolute atomic E-state index is 0.310. The summed E-state index contributed by atoms with van der Waals surface area (Å²) < 4.78 is 33.7. The van der Waals surface area contributed by atoms with Crippen LogP contribution in [0.4, 0.5) is 0 Å². The van der Waals surface area contributed by atoms with Crippen molar-refractivity contribution in [1.82, 2.24) is 0 Å². The molecule has 0 aromatic heterocycles. The summed E-state index contributed by atoms with van der Waals surface area (Å²) in [5, 5.41) is 0. The average molecular weight is 306 g/mol. The van der Waals surface area contributed by atoms with Crippen molar-refractivity contribution >= 4 is 9.84 Å². The molecule has 0 aliphatic heterocycles. The Kier molecular flexibility index (Phi) is 4.53. The molecule has 112 valence electrons. The molecule has 0 spiro atoms. The number of hydrogen-bond donors (Lipinski definition) is 0. The number of sulfone groups is 1. The zero-order valence-corrected chi connectivity index (χ0v) is 13.1. The minimum Gasteiger partial charge on any atom is -0.493 e. The van der Waals surface area contributed by atoms with Crippen LogP contribution >= 0.6 is 0 Å².